The van der Waals surface area contributed by atoms with Crippen molar-refractivity contribution in [2.24, 2.45) is 5.41 Å². The molecule has 0 aromatic heterocycles. The second-order valence-electron chi connectivity index (χ2n) is 9.33. The number of nitrogens with zero attached hydrogens (tertiary/aromatic N) is 3. The maximum Gasteiger partial charge on any atom is 0.256 e. The fourth-order valence-corrected chi connectivity index (χ4v) is 4.30. The Bertz CT molecular complexity index is 741. The fraction of sp³-hybridized carbons (Fsp3) is 0.619. The van der Waals surface area contributed by atoms with Crippen LogP contribution in [0.25, 0.3) is 0 Å². The van der Waals surface area contributed by atoms with Crippen LogP contribution in [0.5, 0.6) is 0 Å². The van der Waals surface area contributed by atoms with Crippen LogP contribution in [0.4, 0.5) is 4.39 Å². The van der Waals surface area contributed by atoms with Crippen LogP contribution in [0, 0.1) is 11.2 Å². The van der Waals surface area contributed by atoms with Crippen molar-refractivity contribution in [1.29, 1.82) is 0 Å². The molecule has 3 rings (SSSR count). The Hall–Kier alpha value is -1.95. The summed E-state index contributed by atoms with van der Waals surface area (Å²) in [6, 6.07) is 6.18. The maximum absolute atomic E-state index is 14.1. The lowest BCUT2D eigenvalue weighted by molar-refractivity contribution is -0.146. The second-order valence-corrected chi connectivity index (χ2v) is 9.33. The standard InChI is InChI=1S/C21H30FN3O2/c1-20(2,3)19(27)23-10-11-25-15(12-23)13-24(14-21(25,4)5)18(26)16-8-6-7-9-17(16)22/h6-9,15H,10-14H2,1-5H3/t15-/m0/s1. The first-order valence-electron chi connectivity index (χ1n) is 9.60. The first-order valence-corrected chi connectivity index (χ1v) is 9.60. The third kappa shape index (κ3) is 3.86. The molecule has 1 aromatic rings. The Morgan fingerprint density at radius 3 is 2.33 bits per heavy atom. The van der Waals surface area contributed by atoms with Crippen molar-refractivity contribution in [3.05, 3.63) is 35.6 Å². The summed E-state index contributed by atoms with van der Waals surface area (Å²) in [5.41, 5.74) is -0.532. The van der Waals surface area contributed by atoms with Crippen molar-refractivity contribution >= 4 is 11.8 Å². The van der Waals surface area contributed by atoms with Crippen LogP contribution in [0.3, 0.4) is 0 Å². The molecule has 1 aromatic carbocycles. The highest BCUT2D eigenvalue weighted by Gasteiger charge is 2.45. The lowest BCUT2D eigenvalue weighted by Crippen LogP contribution is -2.71. The van der Waals surface area contributed by atoms with Crippen molar-refractivity contribution in [3.63, 3.8) is 0 Å². The lowest BCUT2D eigenvalue weighted by Gasteiger charge is -2.55. The number of halogens is 1. The van der Waals surface area contributed by atoms with Crippen LogP contribution in [-0.4, -0.2) is 70.8 Å². The van der Waals surface area contributed by atoms with Crippen LogP contribution in [0.2, 0.25) is 0 Å². The van der Waals surface area contributed by atoms with Crippen LogP contribution in [0.15, 0.2) is 24.3 Å². The van der Waals surface area contributed by atoms with Crippen molar-refractivity contribution in [2.75, 3.05) is 32.7 Å². The molecule has 0 spiro atoms. The van der Waals surface area contributed by atoms with Gasteiger partial charge in [-0.1, -0.05) is 32.9 Å². The molecular formula is C21H30FN3O2. The summed E-state index contributed by atoms with van der Waals surface area (Å²) in [5.74, 6) is -0.631. The van der Waals surface area contributed by atoms with E-state index in [0.717, 1.165) is 6.54 Å². The minimum absolute atomic E-state index is 0.0597. The summed E-state index contributed by atoms with van der Waals surface area (Å²) in [6.07, 6.45) is 0. The minimum Gasteiger partial charge on any atom is -0.339 e. The largest absolute Gasteiger partial charge is 0.339 e. The molecule has 0 N–H and O–H groups in total. The molecule has 2 aliphatic rings. The molecular weight excluding hydrogens is 345 g/mol. The number of hydrogen-bond donors (Lipinski definition) is 0. The van der Waals surface area contributed by atoms with Crippen LogP contribution in [0.1, 0.15) is 45.0 Å². The SMILES string of the molecule is CC(C)(C)C(=O)N1CCN2[C@H](CN(C(=O)c3ccccc3F)CC2(C)C)C1. The van der Waals surface area contributed by atoms with Gasteiger partial charge in [0.15, 0.2) is 0 Å². The number of carbonyl (C=O) groups excluding carboxylic acids is 2. The molecule has 0 aliphatic carbocycles. The smallest absolute Gasteiger partial charge is 0.256 e. The van der Waals surface area contributed by atoms with E-state index in [4.69, 9.17) is 0 Å². The van der Waals surface area contributed by atoms with E-state index in [2.05, 4.69) is 18.7 Å². The molecule has 2 heterocycles. The zero-order valence-corrected chi connectivity index (χ0v) is 17.0. The van der Waals surface area contributed by atoms with E-state index in [0.29, 0.717) is 26.2 Å². The van der Waals surface area contributed by atoms with Gasteiger partial charge in [-0.3, -0.25) is 14.5 Å². The Morgan fingerprint density at radius 1 is 1.07 bits per heavy atom. The predicted molar refractivity (Wildman–Crippen MR) is 103 cm³/mol. The molecule has 0 bridgehead atoms. The molecule has 5 nitrogen and oxygen atoms in total. The van der Waals surface area contributed by atoms with Crippen LogP contribution >= 0.6 is 0 Å². The Morgan fingerprint density at radius 2 is 1.70 bits per heavy atom. The highest BCUT2D eigenvalue weighted by atomic mass is 19.1. The number of hydrogen-bond acceptors (Lipinski definition) is 3. The highest BCUT2D eigenvalue weighted by Crippen LogP contribution is 2.30. The summed E-state index contributed by atoms with van der Waals surface area (Å²) in [4.78, 5) is 31.7. The minimum atomic E-state index is -0.490. The molecule has 0 unspecified atom stereocenters. The number of rotatable bonds is 1. The molecule has 0 radical (unpaired) electrons. The number of fused-ring (bicyclic) bond motifs is 1. The maximum atomic E-state index is 14.1. The van der Waals surface area contributed by atoms with E-state index in [1.165, 1.54) is 12.1 Å². The molecule has 2 amide bonds. The molecule has 2 aliphatic heterocycles. The molecule has 148 valence electrons. The first kappa shape index (κ1) is 19.8. The van der Waals surface area contributed by atoms with E-state index in [1.807, 2.05) is 25.7 Å². The van der Waals surface area contributed by atoms with E-state index in [9.17, 15) is 14.0 Å². The fourth-order valence-electron chi connectivity index (χ4n) is 4.30. The van der Waals surface area contributed by atoms with Crippen LogP contribution < -0.4 is 0 Å². The van der Waals surface area contributed by atoms with Gasteiger partial charge in [-0.2, -0.15) is 0 Å². The summed E-state index contributed by atoms with van der Waals surface area (Å²) in [7, 11) is 0. The van der Waals surface area contributed by atoms with Gasteiger partial charge in [0.1, 0.15) is 5.82 Å². The third-order valence-corrected chi connectivity index (χ3v) is 5.59. The predicted octanol–water partition coefficient (Wildman–Crippen LogP) is 2.62. The van der Waals surface area contributed by atoms with Gasteiger partial charge in [-0.25, -0.2) is 4.39 Å². The van der Waals surface area contributed by atoms with Gasteiger partial charge in [0.2, 0.25) is 5.91 Å². The summed E-state index contributed by atoms with van der Waals surface area (Å²) in [5, 5.41) is 0. The molecule has 1 atom stereocenters. The zero-order valence-electron chi connectivity index (χ0n) is 17.0. The molecule has 27 heavy (non-hydrogen) atoms. The van der Waals surface area contributed by atoms with Gasteiger partial charge in [-0.15, -0.1) is 0 Å². The van der Waals surface area contributed by atoms with Gasteiger partial charge >= 0.3 is 0 Å². The first-order chi connectivity index (χ1) is 12.5. The summed E-state index contributed by atoms with van der Waals surface area (Å²) >= 11 is 0. The third-order valence-electron chi connectivity index (χ3n) is 5.59. The topological polar surface area (TPSA) is 43.9 Å². The van der Waals surface area contributed by atoms with E-state index in [1.54, 1.807) is 17.0 Å². The number of benzene rings is 1. The molecule has 2 saturated heterocycles. The molecule has 0 saturated carbocycles. The monoisotopic (exact) mass is 375 g/mol. The average molecular weight is 375 g/mol. The zero-order chi connectivity index (χ0) is 20.0. The van der Waals surface area contributed by atoms with Gasteiger partial charge in [0.25, 0.3) is 5.91 Å². The number of piperazine rings is 2. The Kier molecular flexibility index (Phi) is 5.06. The van der Waals surface area contributed by atoms with E-state index in [-0.39, 0.29) is 29.0 Å². The average Bonchev–Trinajstić information content (AvgIpc) is 2.59. The Balaban J connectivity index is 1.81. The quantitative estimate of drug-likeness (QED) is 0.758. The van der Waals surface area contributed by atoms with Crippen molar-refractivity contribution in [2.45, 2.75) is 46.2 Å². The van der Waals surface area contributed by atoms with Gasteiger partial charge < -0.3 is 9.80 Å². The van der Waals surface area contributed by atoms with Gasteiger partial charge in [0.05, 0.1) is 5.56 Å². The number of carbonyl (C=O) groups is 2. The molecule has 2 fully saturated rings. The number of amides is 2. The Labute approximate surface area is 161 Å². The summed E-state index contributed by atoms with van der Waals surface area (Å²) < 4.78 is 14.1. The van der Waals surface area contributed by atoms with E-state index < -0.39 is 11.2 Å². The van der Waals surface area contributed by atoms with Gasteiger partial charge in [0, 0.05) is 49.7 Å². The summed E-state index contributed by atoms with van der Waals surface area (Å²) in [6.45, 7) is 13.2. The van der Waals surface area contributed by atoms with Gasteiger partial charge in [-0.05, 0) is 26.0 Å². The molecule has 6 heteroatoms. The van der Waals surface area contributed by atoms with Crippen molar-refractivity contribution in [3.8, 4) is 0 Å². The second kappa shape index (κ2) is 6.89. The lowest BCUT2D eigenvalue weighted by atomic mass is 9.90. The van der Waals surface area contributed by atoms with Crippen molar-refractivity contribution in [1.82, 2.24) is 14.7 Å². The van der Waals surface area contributed by atoms with Crippen LogP contribution in [-0.2, 0) is 4.79 Å². The normalized spacial score (nSPS) is 23.1. The van der Waals surface area contributed by atoms with Crippen molar-refractivity contribution < 1.29 is 14.0 Å². The highest BCUT2D eigenvalue weighted by molar-refractivity contribution is 5.94. The van der Waals surface area contributed by atoms with E-state index >= 15 is 0 Å².